The van der Waals surface area contributed by atoms with Crippen LogP contribution in [0.5, 0.6) is 0 Å². The van der Waals surface area contributed by atoms with Gasteiger partial charge in [0.1, 0.15) is 11.1 Å². The number of likely N-dealkylation sites (tertiary alicyclic amines) is 1. The Labute approximate surface area is 164 Å². The van der Waals surface area contributed by atoms with E-state index in [1.165, 1.54) is 29.7 Å². The van der Waals surface area contributed by atoms with E-state index in [0.717, 1.165) is 50.2 Å². The lowest BCUT2D eigenvalue weighted by atomic mass is 9.97. The number of carbonyl (C=O) groups is 1. The van der Waals surface area contributed by atoms with Crippen molar-refractivity contribution in [2.24, 2.45) is 0 Å². The van der Waals surface area contributed by atoms with Gasteiger partial charge in [0.25, 0.3) is 0 Å². The summed E-state index contributed by atoms with van der Waals surface area (Å²) >= 11 is 1.60. The minimum atomic E-state index is -0.412. The summed E-state index contributed by atoms with van der Waals surface area (Å²) in [5, 5.41) is 13.4. The predicted molar refractivity (Wildman–Crippen MR) is 104 cm³/mol. The number of hydrogen-bond acceptors (Lipinski definition) is 6. The van der Waals surface area contributed by atoms with Crippen LogP contribution < -0.4 is 5.32 Å². The lowest BCUT2D eigenvalue weighted by molar-refractivity contribution is -0.185. The van der Waals surface area contributed by atoms with E-state index >= 15 is 0 Å². The van der Waals surface area contributed by atoms with Crippen molar-refractivity contribution < 1.29 is 14.3 Å². The van der Waals surface area contributed by atoms with Crippen LogP contribution in [0.2, 0.25) is 0 Å². The Hall–Kier alpha value is -1.46. The van der Waals surface area contributed by atoms with Gasteiger partial charge in [-0.05, 0) is 31.2 Å². The third-order valence-electron chi connectivity index (χ3n) is 5.83. The molecule has 2 fully saturated rings. The van der Waals surface area contributed by atoms with Crippen LogP contribution in [0.15, 0.2) is 0 Å². The SMILES string of the molecule is N#Cc1c(NC(=O)CN2CCC3(CC2)OCCO3)sc2c1CCCCCC2. The summed E-state index contributed by atoms with van der Waals surface area (Å²) in [4.78, 5) is 16.0. The van der Waals surface area contributed by atoms with Gasteiger partial charge in [0, 0.05) is 30.8 Å². The number of hydrogen-bond donors (Lipinski definition) is 1. The second-order valence-corrected chi connectivity index (χ2v) is 8.77. The van der Waals surface area contributed by atoms with Crippen LogP contribution in [-0.2, 0) is 27.1 Å². The number of rotatable bonds is 3. The smallest absolute Gasteiger partial charge is 0.239 e. The molecule has 1 aliphatic carbocycles. The van der Waals surface area contributed by atoms with E-state index in [1.807, 2.05) is 0 Å². The molecule has 1 N–H and O–H groups in total. The number of anilines is 1. The van der Waals surface area contributed by atoms with E-state index < -0.39 is 5.79 Å². The van der Waals surface area contributed by atoms with Crippen molar-refractivity contribution in [1.29, 1.82) is 5.26 Å². The number of fused-ring (bicyclic) bond motifs is 1. The monoisotopic (exact) mass is 389 g/mol. The standard InChI is InChI=1S/C20H27N3O3S/c21-13-16-15-5-3-1-2-4-6-17(15)27-19(16)22-18(24)14-23-9-7-20(8-10-23)25-11-12-26-20/h1-12,14H2,(H,22,24). The number of piperidine rings is 1. The first-order valence-corrected chi connectivity index (χ1v) is 10.9. The Balaban J connectivity index is 1.37. The maximum Gasteiger partial charge on any atom is 0.239 e. The van der Waals surface area contributed by atoms with Gasteiger partial charge in [-0.3, -0.25) is 9.69 Å². The molecule has 0 atom stereocenters. The molecular formula is C20H27N3O3S. The van der Waals surface area contributed by atoms with E-state index in [-0.39, 0.29) is 5.91 Å². The van der Waals surface area contributed by atoms with Crippen molar-refractivity contribution in [3.8, 4) is 6.07 Å². The van der Waals surface area contributed by atoms with Crippen molar-refractivity contribution in [2.45, 2.75) is 57.2 Å². The van der Waals surface area contributed by atoms with Gasteiger partial charge in [0.05, 0.1) is 25.3 Å². The molecule has 0 bridgehead atoms. The fraction of sp³-hybridized carbons (Fsp3) is 0.700. The van der Waals surface area contributed by atoms with Crippen LogP contribution in [0.3, 0.4) is 0 Å². The quantitative estimate of drug-likeness (QED) is 0.860. The Morgan fingerprint density at radius 3 is 2.56 bits per heavy atom. The Bertz CT molecular complexity index is 724. The minimum Gasteiger partial charge on any atom is -0.347 e. The molecule has 3 heterocycles. The van der Waals surface area contributed by atoms with E-state index in [2.05, 4.69) is 16.3 Å². The predicted octanol–water partition coefficient (Wildman–Crippen LogP) is 3.06. The molecule has 0 unspecified atom stereocenters. The summed E-state index contributed by atoms with van der Waals surface area (Å²) in [6.45, 7) is 3.27. The fourth-order valence-electron chi connectivity index (χ4n) is 4.33. The van der Waals surface area contributed by atoms with Crippen LogP contribution in [0.25, 0.3) is 0 Å². The van der Waals surface area contributed by atoms with Gasteiger partial charge >= 0.3 is 0 Å². The summed E-state index contributed by atoms with van der Waals surface area (Å²) in [6.07, 6.45) is 8.37. The molecule has 4 rings (SSSR count). The van der Waals surface area contributed by atoms with Crippen molar-refractivity contribution >= 4 is 22.2 Å². The molecule has 2 aliphatic heterocycles. The van der Waals surface area contributed by atoms with Gasteiger partial charge in [0.15, 0.2) is 5.79 Å². The Morgan fingerprint density at radius 1 is 1.15 bits per heavy atom. The van der Waals surface area contributed by atoms with Crippen LogP contribution in [0.1, 0.15) is 54.5 Å². The molecule has 6 nitrogen and oxygen atoms in total. The summed E-state index contributed by atoms with van der Waals surface area (Å²) in [7, 11) is 0. The molecule has 146 valence electrons. The minimum absolute atomic E-state index is 0.0371. The Kier molecular flexibility index (Phi) is 5.79. The lowest BCUT2D eigenvalue weighted by Crippen LogP contribution is -2.47. The maximum absolute atomic E-state index is 12.6. The third-order valence-corrected chi connectivity index (χ3v) is 7.04. The summed E-state index contributed by atoms with van der Waals surface area (Å²) < 4.78 is 11.5. The largest absolute Gasteiger partial charge is 0.347 e. The van der Waals surface area contributed by atoms with Gasteiger partial charge in [-0.15, -0.1) is 11.3 Å². The van der Waals surface area contributed by atoms with Crippen molar-refractivity contribution in [1.82, 2.24) is 4.90 Å². The van der Waals surface area contributed by atoms with Gasteiger partial charge < -0.3 is 14.8 Å². The second-order valence-electron chi connectivity index (χ2n) is 7.67. The lowest BCUT2D eigenvalue weighted by Gasteiger charge is -2.37. The average molecular weight is 390 g/mol. The first kappa shape index (κ1) is 18.9. The highest BCUT2D eigenvalue weighted by Crippen LogP contribution is 2.36. The number of aryl methyl sites for hydroxylation is 1. The molecule has 1 aromatic heterocycles. The van der Waals surface area contributed by atoms with Crippen LogP contribution in [-0.4, -0.2) is 49.4 Å². The maximum atomic E-state index is 12.6. The molecule has 1 spiro atoms. The van der Waals surface area contributed by atoms with Crippen molar-refractivity contribution in [3.05, 3.63) is 16.0 Å². The normalized spacial score (nSPS) is 22.6. The van der Waals surface area contributed by atoms with E-state index in [9.17, 15) is 10.1 Å². The number of thiophene rings is 1. The van der Waals surface area contributed by atoms with Gasteiger partial charge in [0.2, 0.25) is 5.91 Å². The molecule has 27 heavy (non-hydrogen) atoms. The number of nitrogens with zero attached hydrogens (tertiary/aromatic N) is 2. The molecule has 2 saturated heterocycles. The number of ether oxygens (including phenoxy) is 2. The molecular weight excluding hydrogens is 362 g/mol. The van der Waals surface area contributed by atoms with Crippen LogP contribution >= 0.6 is 11.3 Å². The first-order valence-electron chi connectivity index (χ1n) is 10.0. The number of nitrogens with one attached hydrogen (secondary N) is 1. The highest BCUT2D eigenvalue weighted by Gasteiger charge is 2.40. The summed E-state index contributed by atoms with van der Waals surface area (Å²) in [5.74, 6) is -0.449. The molecule has 1 amide bonds. The molecule has 3 aliphatic rings. The summed E-state index contributed by atoms with van der Waals surface area (Å²) in [5.41, 5.74) is 1.86. The van der Waals surface area contributed by atoms with Gasteiger partial charge in [-0.1, -0.05) is 12.8 Å². The van der Waals surface area contributed by atoms with Gasteiger partial charge in [-0.2, -0.15) is 5.26 Å². The highest BCUT2D eigenvalue weighted by molar-refractivity contribution is 7.16. The van der Waals surface area contributed by atoms with Crippen LogP contribution in [0.4, 0.5) is 5.00 Å². The molecule has 1 aromatic rings. The highest BCUT2D eigenvalue weighted by atomic mass is 32.1. The fourth-order valence-corrected chi connectivity index (χ4v) is 5.59. The number of amides is 1. The molecule has 0 saturated carbocycles. The van der Waals surface area contributed by atoms with E-state index in [0.29, 0.717) is 25.3 Å². The topological polar surface area (TPSA) is 74.6 Å². The zero-order valence-corrected chi connectivity index (χ0v) is 16.5. The Morgan fingerprint density at radius 2 is 1.85 bits per heavy atom. The molecule has 7 heteroatoms. The van der Waals surface area contributed by atoms with Crippen molar-refractivity contribution in [2.75, 3.05) is 38.2 Å². The van der Waals surface area contributed by atoms with Crippen molar-refractivity contribution in [3.63, 3.8) is 0 Å². The van der Waals surface area contributed by atoms with E-state index in [4.69, 9.17) is 9.47 Å². The van der Waals surface area contributed by atoms with E-state index in [1.54, 1.807) is 11.3 Å². The number of nitriles is 1. The average Bonchev–Trinajstić information content (AvgIpc) is 3.22. The number of carbonyl (C=O) groups excluding carboxylic acids is 1. The zero-order valence-electron chi connectivity index (χ0n) is 15.7. The summed E-state index contributed by atoms with van der Waals surface area (Å²) in [6, 6.07) is 2.34. The van der Waals surface area contributed by atoms with Gasteiger partial charge in [-0.25, -0.2) is 0 Å². The molecule has 0 radical (unpaired) electrons. The van der Waals surface area contributed by atoms with Crippen LogP contribution in [0, 0.1) is 11.3 Å². The third kappa shape index (κ3) is 4.19. The second kappa shape index (κ2) is 8.27. The molecule has 0 aromatic carbocycles. The zero-order chi connectivity index (χ0) is 18.7. The first-order chi connectivity index (χ1) is 13.2.